The molecule has 0 spiro atoms. The molecule has 0 saturated carbocycles. The first-order chi connectivity index (χ1) is 35.8. The van der Waals surface area contributed by atoms with Crippen LogP contribution in [-0.2, 0) is 56.3 Å². The Morgan fingerprint density at radius 2 is 1.06 bits per heavy atom. The van der Waals surface area contributed by atoms with Crippen LogP contribution in [0.3, 0.4) is 0 Å². The van der Waals surface area contributed by atoms with Crippen LogP contribution in [-0.4, -0.2) is 78.3 Å². The highest BCUT2D eigenvalue weighted by atomic mass is 127. The minimum atomic E-state index is -6.34. The second kappa shape index (κ2) is 20.9. The molecule has 4 aromatic heterocycles. The molecule has 3 aromatic carbocycles. The van der Waals surface area contributed by atoms with Gasteiger partial charge in [0.1, 0.15) is 63.2 Å². The summed E-state index contributed by atoms with van der Waals surface area (Å²) in [7, 11) is -3.92. The highest BCUT2D eigenvalue weighted by Gasteiger charge is 2.49. The molecule has 2 fully saturated rings. The maximum absolute atomic E-state index is 15.3. The second-order valence-electron chi connectivity index (χ2n) is 18.3. The number of fused-ring (bicyclic) bond motifs is 2. The van der Waals surface area contributed by atoms with Gasteiger partial charge in [0, 0.05) is 38.9 Å². The van der Waals surface area contributed by atoms with Crippen molar-refractivity contribution in [3.8, 4) is 28.6 Å². The maximum Gasteiger partial charge on any atom is 0.534 e. The molecule has 2 saturated heterocycles. The summed E-state index contributed by atoms with van der Waals surface area (Å²) in [6, 6.07) is 13.4. The first-order valence-corrected chi connectivity index (χ1v) is 26.1. The van der Waals surface area contributed by atoms with Crippen molar-refractivity contribution in [2.75, 3.05) is 13.2 Å². The van der Waals surface area contributed by atoms with Gasteiger partial charge in [-0.3, -0.25) is 37.4 Å². The van der Waals surface area contributed by atoms with Crippen LogP contribution in [0, 0.1) is 31.5 Å². The molecule has 7 aromatic rings. The summed E-state index contributed by atoms with van der Waals surface area (Å²) < 4.78 is 146. The zero-order valence-electron chi connectivity index (χ0n) is 41.2. The number of benzene rings is 3. The smallest absolute Gasteiger partial charge is 0.456 e. The number of ether oxygens (including phenoxy) is 5. The van der Waals surface area contributed by atoms with Gasteiger partial charge in [-0.1, -0.05) is 6.07 Å². The van der Waals surface area contributed by atoms with Crippen molar-refractivity contribution in [1.29, 1.82) is 0 Å². The van der Waals surface area contributed by atoms with Crippen LogP contribution in [0.4, 0.5) is 26.3 Å². The van der Waals surface area contributed by atoms with E-state index < -0.39 is 119 Å². The molecule has 0 radical (unpaired) electrons. The van der Waals surface area contributed by atoms with E-state index >= 15 is 8.78 Å². The minimum absolute atomic E-state index is 0.0722. The molecule has 410 valence electrons. The van der Waals surface area contributed by atoms with Crippen molar-refractivity contribution in [3.05, 3.63) is 159 Å². The van der Waals surface area contributed by atoms with E-state index in [2.05, 4.69) is 4.18 Å². The van der Waals surface area contributed by atoms with Gasteiger partial charge in [-0.25, -0.2) is 31.9 Å². The third kappa shape index (κ3) is 11.2. The molecule has 2 aliphatic heterocycles. The van der Waals surface area contributed by atoms with Gasteiger partial charge in [0.15, 0.2) is 17.3 Å². The number of rotatable bonds is 10. The third-order valence-corrected chi connectivity index (χ3v) is 14.4. The van der Waals surface area contributed by atoms with E-state index in [9.17, 15) is 54.7 Å². The average Bonchev–Trinajstić information content (AvgIpc) is 3.91. The molecule has 9 rings (SSSR count). The monoisotopic (exact) mass is 1330 g/mol. The molecular weight excluding hydrogens is 1280 g/mol. The predicted molar refractivity (Wildman–Crippen MR) is 280 cm³/mol. The third-order valence-electron chi connectivity index (χ3n) is 12.1. The quantitative estimate of drug-likeness (QED) is 0.0668. The van der Waals surface area contributed by atoms with Gasteiger partial charge in [0.25, 0.3) is 22.2 Å². The number of alkyl halides is 3. The van der Waals surface area contributed by atoms with Crippen LogP contribution in [0.1, 0.15) is 33.3 Å². The zero-order chi connectivity index (χ0) is 56.6. The number of pyridine rings is 2. The van der Waals surface area contributed by atoms with Gasteiger partial charge in [0.05, 0.1) is 37.7 Å². The SMILES string of the molecule is Cc1c(F)cccc1Oc1cc(=O)n(C)c2c1c(=O)n(C[C@H]1COC(C)(C)O1)c(=O)n2-c1ccc(I)cc1F.Cn1c(=O)cc(OS(=O)(=O)C(F)(F)F)c2c(=O)n(C[C@H]3COC(C)(C)O3)c(=O)n(-c3ccc(I)cc3F)c21. The van der Waals surface area contributed by atoms with E-state index in [4.69, 9.17) is 23.7 Å². The van der Waals surface area contributed by atoms with E-state index in [1.54, 1.807) is 56.4 Å². The maximum atomic E-state index is 15.3. The molecule has 2 atom stereocenters. The summed E-state index contributed by atoms with van der Waals surface area (Å²) >= 11 is 3.73. The first kappa shape index (κ1) is 57.1. The molecule has 2 aliphatic rings. The van der Waals surface area contributed by atoms with Gasteiger partial charge >= 0.3 is 27.0 Å². The van der Waals surface area contributed by atoms with Crippen LogP contribution < -0.4 is 42.5 Å². The molecule has 0 bridgehead atoms. The Labute approximate surface area is 456 Å². The summed E-state index contributed by atoms with van der Waals surface area (Å²) in [5.41, 5.74) is -13.2. The Morgan fingerprint density at radius 1 is 0.636 bits per heavy atom. The lowest BCUT2D eigenvalue weighted by atomic mass is 10.2. The van der Waals surface area contributed by atoms with Crippen LogP contribution >= 0.6 is 45.2 Å². The summed E-state index contributed by atoms with van der Waals surface area (Å²) in [6.45, 7) is 7.38. The standard InChI is InChI=1S/C27H24F2IN3O6.C21H18F4IN3O8S/c1-14-17(28)6-5-7-20(14)38-21-11-22(34)31(4)24-23(21)25(35)32(12-16-13-37-27(2,3)39-16)26(36)33(24)19-9-8-15(30)10-18(19)29;1-20(2)35-9-11(36-20)8-28-18(31)16-14(37-38(33,34)21(23,24)25)7-15(30)27(3)17(16)29(19(28)32)13-5-4-10(26)6-12(13)22/h5-11,16H,12-13H2,1-4H3;4-7,11H,8-9H2,1-3H3/t16-;11-/m00/s1. The van der Waals surface area contributed by atoms with Crippen LogP contribution in [0.2, 0.25) is 0 Å². The molecule has 29 heteroatoms. The average molecular weight is 1330 g/mol. The number of hydrogen-bond acceptors (Lipinski definition) is 14. The largest absolute Gasteiger partial charge is 0.534 e. The molecule has 0 N–H and O–H groups in total. The summed E-state index contributed by atoms with van der Waals surface area (Å²) in [6.07, 6.45) is -1.54. The Hall–Kier alpha value is -6.13. The zero-order valence-corrected chi connectivity index (χ0v) is 46.3. The van der Waals surface area contributed by atoms with Crippen molar-refractivity contribution in [1.82, 2.24) is 27.4 Å². The van der Waals surface area contributed by atoms with Gasteiger partial charge in [0.2, 0.25) is 0 Å². The normalized spacial score (nSPS) is 17.2. The van der Waals surface area contributed by atoms with Crippen molar-refractivity contribution < 1.29 is 62.6 Å². The Kier molecular flexibility index (Phi) is 15.5. The van der Waals surface area contributed by atoms with Crippen molar-refractivity contribution in [3.63, 3.8) is 0 Å². The molecule has 0 amide bonds. The van der Waals surface area contributed by atoms with Gasteiger partial charge < -0.3 is 27.9 Å². The number of halogens is 8. The highest BCUT2D eigenvalue weighted by molar-refractivity contribution is 14.1. The topological polar surface area (TPSA) is 222 Å². The molecule has 0 aliphatic carbocycles. The van der Waals surface area contributed by atoms with Crippen molar-refractivity contribution in [2.45, 2.75) is 77.0 Å². The lowest BCUT2D eigenvalue weighted by molar-refractivity contribution is -0.140. The summed E-state index contributed by atoms with van der Waals surface area (Å²) in [5, 5.41) is -1.06. The Bertz CT molecular complexity index is 4080. The molecule has 0 unspecified atom stereocenters. The van der Waals surface area contributed by atoms with E-state index in [0.29, 0.717) is 26.9 Å². The minimum Gasteiger partial charge on any atom is -0.456 e. The van der Waals surface area contributed by atoms with Crippen LogP contribution in [0.25, 0.3) is 33.4 Å². The van der Waals surface area contributed by atoms with E-state index in [0.717, 1.165) is 38.9 Å². The fourth-order valence-corrected chi connectivity index (χ4v) is 9.81. The first-order valence-electron chi connectivity index (χ1n) is 22.6. The Balaban J connectivity index is 0.000000204. The molecule has 20 nitrogen and oxygen atoms in total. The van der Waals surface area contributed by atoms with Gasteiger partial charge in [-0.15, -0.1) is 0 Å². The van der Waals surface area contributed by atoms with Crippen LogP contribution in [0.15, 0.2) is 95.5 Å². The van der Waals surface area contributed by atoms with Gasteiger partial charge in [-0.05, 0) is 128 Å². The van der Waals surface area contributed by atoms with Crippen molar-refractivity contribution >= 4 is 77.4 Å². The molecular formula is C48H42F6I2N6O14S. The predicted octanol–water partition coefficient (Wildman–Crippen LogP) is 5.96. The lowest BCUT2D eigenvalue weighted by Gasteiger charge is -2.21. The number of aromatic nitrogens is 6. The second-order valence-corrected chi connectivity index (χ2v) is 22.3. The highest BCUT2D eigenvalue weighted by Crippen LogP contribution is 2.33. The summed E-state index contributed by atoms with van der Waals surface area (Å²) in [5.74, 6) is -5.68. The van der Waals surface area contributed by atoms with E-state index in [1.807, 2.05) is 22.6 Å². The fraction of sp³-hybridized carbons (Fsp3) is 0.333. The molecule has 77 heavy (non-hydrogen) atoms. The van der Waals surface area contributed by atoms with E-state index in [1.165, 1.54) is 50.4 Å². The van der Waals surface area contributed by atoms with E-state index in [-0.39, 0.29) is 53.5 Å². The van der Waals surface area contributed by atoms with Crippen LogP contribution in [0.5, 0.6) is 17.2 Å². The lowest BCUT2D eigenvalue weighted by Crippen LogP contribution is -2.44. The van der Waals surface area contributed by atoms with Gasteiger partial charge in [-0.2, -0.15) is 21.6 Å². The fourth-order valence-electron chi connectivity index (χ4n) is 8.44. The molecule has 6 heterocycles. The number of aryl methyl sites for hydroxylation is 2. The van der Waals surface area contributed by atoms with Crippen molar-refractivity contribution in [2.24, 2.45) is 14.1 Å². The number of hydrogen-bond donors (Lipinski definition) is 0. The number of nitrogens with zero attached hydrogens (tertiary/aromatic N) is 6. The summed E-state index contributed by atoms with van der Waals surface area (Å²) in [4.78, 5) is 80.6. The Morgan fingerprint density at radius 3 is 1.47 bits per heavy atom.